The molecule has 0 aliphatic carbocycles. The molecule has 0 aromatic heterocycles. The fourth-order valence-electron chi connectivity index (χ4n) is 1.61. The second-order valence-electron chi connectivity index (χ2n) is 3.65. The highest BCUT2D eigenvalue weighted by atomic mass is 16.1. The van der Waals surface area contributed by atoms with E-state index in [0.717, 1.165) is 13.0 Å². The van der Waals surface area contributed by atoms with Crippen molar-refractivity contribution in [2.45, 2.75) is 18.9 Å². The first-order valence-corrected chi connectivity index (χ1v) is 4.88. The Balaban J connectivity index is 2.06. The quantitative estimate of drug-likeness (QED) is 0.556. The molecule has 1 unspecified atom stereocenters. The molecule has 1 aromatic rings. The van der Waals surface area contributed by atoms with Crippen molar-refractivity contribution in [3.63, 3.8) is 0 Å². The highest BCUT2D eigenvalue weighted by molar-refractivity contribution is 6.01. The van der Waals surface area contributed by atoms with Crippen molar-refractivity contribution < 1.29 is 4.79 Å². The number of nitrogen functional groups attached to an aromatic ring is 1. The van der Waals surface area contributed by atoms with Gasteiger partial charge in [0.2, 0.25) is 0 Å². The molecule has 1 aromatic carbocycles. The van der Waals surface area contributed by atoms with E-state index in [4.69, 9.17) is 5.73 Å². The van der Waals surface area contributed by atoms with Crippen molar-refractivity contribution >= 4 is 11.5 Å². The van der Waals surface area contributed by atoms with Crippen LogP contribution in [-0.2, 0) is 0 Å². The zero-order valence-electron chi connectivity index (χ0n) is 7.99. The third-order valence-electron chi connectivity index (χ3n) is 2.62. The summed E-state index contributed by atoms with van der Waals surface area (Å²) in [6, 6.07) is 7.60. The number of para-hydroxylation sites is 1. The third-order valence-corrected chi connectivity index (χ3v) is 2.62. The Bertz CT molecular complexity index is 345. The molecule has 0 bridgehead atoms. The molecule has 3 nitrogen and oxygen atoms in total. The lowest BCUT2D eigenvalue weighted by molar-refractivity contribution is 0.0957. The number of rotatable bonds is 3. The van der Waals surface area contributed by atoms with Gasteiger partial charge in [-0.3, -0.25) is 4.79 Å². The first-order chi connectivity index (χ1) is 6.77. The number of anilines is 1. The van der Waals surface area contributed by atoms with Crippen LogP contribution in [0.4, 0.5) is 5.69 Å². The smallest absolute Gasteiger partial charge is 0.166 e. The number of nitrogens with one attached hydrogen (secondary N) is 1. The Hall–Kier alpha value is -1.35. The number of nitrogens with two attached hydrogens (primary N) is 1. The summed E-state index contributed by atoms with van der Waals surface area (Å²) in [4.78, 5) is 11.7. The van der Waals surface area contributed by atoms with Crippen LogP contribution in [0.5, 0.6) is 0 Å². The molecular weight excluding hydrogens is 176 g/mol. The number of benzene rings is 1. The van der Waals surface area contributed by atoms with Gasteiger partial charge in [-0.15, -0.1) is 0 Å². The lowest BCUT2D eigenvalue weighted by Gasteiger charge is -2.26. The number of carbonyl (C=O) groups excluding carboxylic acids is 1. The van der Waals surface area contributed by atoms with Crippen molar-refractivity contribution in [1.82, 2.24) is 5.32 Å². The molecule has 14 heavy (non-hydrogen) atoms. The van der Waals surface area contributed by atoms with Crippen LogP contribution in [0.3, 0.4) is 0 Å². The van der Waals surface area contributed by atoms with Crippen LogP contribution in [0.25, 0.3) is 0 Å². The molecule has 74 valence electrons. The van der Waals surface area contributed by atoms with Crippen molar-refractivity contribution in [3.05, 3.63) is 29.8 Å². The van der Waals surface area contributed by atoms with Crippen LogP contribution in [0, 0.1) is 0 Å². The average molecular weight is 190 g/mol. The Morgan fingerprint density at radius 1 is 1.50 bits per heavy atom. The molecule has 0 spiro atoms. The van der Waals surface area contributed by atoms with Crippen LogP contribution in [-0.4, -0.2) is 18.4 Å². The summed E-state index contributed by atoms with van der Waals surface area (Å²) in [5.41, 5.74) is 6.95. The van der Waals surface area contributed by atoms with Gasteiger partial charge in [-0.2, -0.15) is 0 Å². The van der Waals surface area contributed by atoms with Gasteiger partial charge in [0.1, 0.15) is 0 Å². The zero-order chi connectivity index (χ0) is 9.97. The largest absolute Gasteiger partial charge is 0.398 e. The Labute approximate surface area is 83.3 Å². The van der Waals surface area contributed by atoms with E-state index >= 15 is 0 Å². The minimum absolute atomic E-state index is 0.139. The molecule has 1 fully saturated rings. The second kappa shape index (κ2) is 3.80. The Kier molecular flexibility index (Phi) is 2.50. The van der Waals surface area contributed by atoms with E-state index in [2.05, 4.69) is 5.32 Å². The van der Waals surface area contributed by atoms with Gasteiger partial charge in [0, 0.05) is 23.7 Å². The maximum Gasteiger partial charge on any atom is 0.166 e. The van der Waals surface area contributed by atoms with Crippen LogP contribution >= 0.6 is 0 Å². The molecule has 0 saturated carbocycles. The van der Waals surface area contributed by atoms with Gasteiger partial charge in [-0.1, -0.05) is 12.1 Å². The molecule has 1 saturated heterocycles. The van der Waals surface area contributed by atoms with Gasteiger partial charge < -0.3 is 11.1 Å². The molecule has 1 heterocycles. The van der Waals surface area contributed by atoms with E-state index in [9.17, 15) is 4.79 Å². The van der Waals surface area contributed by atoms with Crippen molar-refractivity contribution in [1.29, 1.82) is 0 Å². The van der Waals surface area contributed by atoms with Gasteiger partial charge in [-0.05, 0) is 25.1 Å². The Morgan fingerprint density at radius 2 is 2.21 bits per heavy atom. The normalized spacial score (nSPS) is 20.1. The third kappa shape index (κ3) is 1.77. The standard InChI is InChI=1S/C11H14N2O/c12-10-4-2-1-3-9(10)11(14)7-8-5-6-13-8/h1-4,8,13H,5-7,12H2. The lowest BCUT2D eigenvalue weighted by atomic mass is 9.97. The fraction of sp³-hybridized carbons (Fsp3) is 0.364. The summed E-state index contributed by atoms with van der Waals surface area (Å²) in [6.07, 6.45) is 1.66. The summed E-state index contributed by atoms with van der Waals surface area (Å²) in [6.45, 7) is 1.03. The molecule has 1 aliphatic rings. The summed E-state index contributed by atoms with van der Waals surface area (Å²) in [5, 5.41) is 3.20. The fourth-order valence-corrected chi connectivity index (χ4v) is 1.61. The van der Waals surface area contributed by atoms with E-state index < -0.39 is 0 Å². The highest BCUT2D eigenvalue weighted by Crippen LogP contribution is 2.16. The first kappa shape index (κ1) is 9.21. The van der Waals surface area contributed by atoms with Crippen LogP contribution < -0.4 is 11.1 Å². The second-order valence-corrected chi connectivity index (χ2v) is 3.65. The van der Waals surface area contributed by atoms with Crippen LogP contribution in [0.15, 0.2) is 24.3 Å². The molecular formula is C11H14N2O. The Morgan fingerprint density at radius 3 is 2.79 bits per heavy atom. The van der Waals surface area contributed by atoms with Gasteiger partial charge >= 0.3 is 0 Å². The van der Waals surface area contributed by atoms with Gasteiger partial charge in [0.15, 0.2) is 5.78 Å². The highest BCUT2D eigenvalue weighted by Gasteiger charge is 2.21. The van der Waals surface area contributed by atoms with E-state index in [-0.39, 0.29) is 5.78 Å². The topological polar surface area (TPSA) is 55.1 Å². The average Bonchev–Trinajstić information content (AvgIpc) is 2.12. The molecule has 0 amide bonds. The monoisotopic (exact) mass is 190 g/mol. The molecule has 3 heteroatoms. The van der Waals surface area contributed by atoms with Crippen molar-refractivity contribution in [3.8, 4) is 0 Å². The van der Waals surface area contributed by atoms with Gasteiger partial charge in [0.05, 0.1) is 0 Å². The van der Waals surface area contributed by atoms with E-state index in [1.807, 2.05) is 12.1 Å². The van der Waals surface area contributed by atoms with Gasteiger partial charge in [0.25, 0.3) is 0 Å². The molecule has 0 radical (unpaired) electrons. The van der Waals surface area contributed by atoms with Crippen molar-refractivity contribution in [2.24, 2.45) is 0 Å². The van der Waals surface area contributed by atoms with Gasteiger partial charge in [-0.25, -0.2) is 0 Å². The molecule has 2 rings (SSSR count). The summed E-state index contributed by atoms with van der Waals surface area (Å²) in [7, 11) is 0. The summed E-state index contributed by atoms with van der Waals surface area (Å²) < 4.78 is 0. The maximum absolute atomic E-state index is 11.7. The number of Topliss-reactive ketones (excluding diaryl/α,β-unsaturated/α-hetero) is 1. The predicted molar refractivity (Wildman–Crippen MR) is 56.2 cm³/mol. The van der Waals surface area contributed by atoms with E-state index in [1.54, 1.807) is 12.1 Å². The van der Waals surface area contributed by atoms with Crippen LogP contribution in [0.1, 0.15) is 23.2 Å². The minimum atomic E-state index is 0.139. The maximum atomic E-state index is 11.7. The minimum Gasteiger partial charge on any atom is -0.398 e. The number of carbonyl (C=O) groups is 1. The summed E-state index contributed by atoms with van der Waals surface area (Å²) >= 11 is 0. The van der Waals surface area contributed by atoms with Crippen molar-refractivity contribution in [2.75, 3.05) is 12.3 Å². The lowest BCUT2D eigenvalue weighted by Crippen LogP contribution is -2.44. The van der Waals surface area contributed by atoms with Crippen LogP contribution in [0.2, 0.25) is 0 Å². The zero-order valence-corrected chi connectivity index (χ0v) is 7.99. The molecule has 1 aliphatic heterocycles. The molecule has 1 atom stereocenters. The number of ketones is 1. The SMILES string of the molecule is Nc1ccccc1C(=O)CC1CCN1. The number of hydrogen-bond donors (Lipinski definition) is 2. The first-order valence-electron chi connectivity index (χ1n) is 4.88. The van der Waals surface area contributed by atoms with E-state index in [1.165, 1.54) is 0 Å². The molecule has 3 N–H and O–H groups in total. The number of hydrogen-bond acceptors (Lipinski definition) is 3. The predicted octanol–water partition coefficient (Wildman–Crippen LogP) is 1.20. The summed E-state index contributed by atoms with van der Waals surface area (Å²) in [5.74, 6) is 0.139. The van der Waals surface area contributed by atoms with E-state index in [0.29, 0.717) is 23.7 Å².